The lowest BCUT2D eigenvalue weighted by atomic mass is 10.1. The third-order valence-corrected chi connectivity index (χ3v) is 2.04. The first-order valence-corrected chi connectivity index (χ1v) is 4.63. The number of anilines is 1. The Bertz CT molecular complexity index is 376. The molecule has 0 saturated heterocycles. The second-order valence-corrected chi connectivity index (χ2v) is 3.44. The number of nitrogen functional groups attached to an aromatic ring is 1. The van der Waals surface area contributed by atoms with Crippen molar-refractivity contribution in [1.29, 1.82) is 0 Å². The van der Waals surface area contributed by atoms with E-state index in [-0.39, 0.29) is 17.4 Å². The fraction of sp³-hybridized carbons (Fsp3) is 0.111. The molecule has 0 aliphatic heterocycles. The minimum absolute atomic E-state index is 0.143. The van der Waals surface area contributed by atoms with E-state index in [1.165, 1.54) is 0 Å². The Morgan fingerprint density at radius 2 is 1.87 bits per heavy atom. The van der Waals surface area contributed by atoms with E-state index in [9.17, 15) is 4.79 Å². The van der Waals surface area contributed by atoms with E-state index < -0.39 is 0 Å². The summed E-state index contributed by atoms with van der Waals surface area (Å²) in [7, 11) is 0. The van der Waals surface area contributed by atoms with Crippen molar-refractivity contribution in [3.63, 3.8) is 0 Å². The molecule has 80 valence electrons. The van der Waals surface area contributed by atoms with Crippen molar-refractivity contribution >= 4 is 28.9 Å². The molecule has 0 atom stereocenters. The number of thiocarbonyl (C=S) groups is 1. The van der Waals surface area contributed by atoms with E-state index in [2.05, 4.69) is 12.2 Å². The highest BCUT2D eigenvalue weighted by atomic mass is 32.1. The second-order valence-electron chi connectivity index (χ2n) is 3.02. The Balaban J connectivity index is 2.66. The third kappa shape index (κ3) is 3.19. The fourth-order valence-electron chi connectivity index (χ4n) is 1.02. The van der Waals surface area contributed by atoms with Crippen molar-refractivity contribution in [3.05, 3.63) is 29.8 Å². The van der Waals surface area contributed by atoms with E-state index in [0.717, 1.165) is 10.6 Å². The van der Waals surface area contributed by atoms with Gasteiger partial charge in [0.25, 0.3) is 0 Å². The predicted molar refractivity (Wildman–Crippen MR) is 62.4 cm³/mol. The number of nitrogens with two attached hydrogens (primary N) is 3. The molecule has 1 amide bonds. The molecule has 1 aromatic rings. The Morgan fingerprint density at radius 1 is 1.33 bits per heavy atom. The zero-order chi connectivity index (χ0) is 11.4. The minimum Gasteiger partial charge on any atom is -0.399 e. The molecule has 15 heavy (non-hydrogen) atoms. The van der Waals surface area contributed by atoms with Gasteiger partial charge in [-0.15, -0.1) is 0 Å². The Labute approximate surface area is 92.8 Å². The van der Waals surface area contributed by atoms with E-state index in [4.69, 9.17) is 17.3 Å². The summed E-state index contributed by atoms with van der Waals surface area (Å²) in [4.78, 5) is 11.4. The maximum absolute atomic E-state index is 11.4. The summed E-state index contributed by atoms with van der Waals surface area (Å²) in [6.45, 7) is 0. The van der Waals surface area contributed by atoms with Crippen LogP contribution in [0.1, 0.15) is 5.56 Å². The smallest absolute Gasteiger partial charge is 0.247 e. The van der Waals surface area contributed by atoms with E-state index in [1.807, 2.05) is 0 Å². The number of benzene rings is 1. The number of rotatable bonds is 2. The molecule has 0 saturated carbocycles. The summed E-state index contributed by atoms with van der Waals surface area (Å²) in [5.74, 6) is 4.98. The number of hydrogen-bond donors (Lipinski definition) is 3. The lowest BCUT2D eigenvalue weighted by molar-refractivity contribution is -0.126. The van der Waals surface area contributed by atoms with Crippen molar-refractivity contribution in [3.8, 4) is 0 Å². The number of carbonyl (C=O) groups excluding carboxylic acids is 1. The molecule has 1 aromatic carbocycles. The van der Waals surface area contributed by atoms with E-state index in [1.54, 1.807) is 24.3 Å². The highest BCUT2D eigenvalue weighted by Crippen LogP contribution is 2.06. The molecule has 0 fully saturated rings. The molecule has 6 heteroatoms. The lowest BCUT2D eigenvalue weighted by Gasteiger charge is -2.13. The summed E-state index contributed by atoms with van der Waals surface area (Å²) in [6, 6.07) is 6.93. The molecule has 0 spiro atoms. The van der Waals surface area contributed by atoms with Crippen LogP contribution in [-0.2, 0) is 11.2 Å². The van der Waals surface area contributed by atoms with Gasteiger partial charge in [0.15, 0.2) is 5.11 Å². The van der Waals surface area contributed by atoms with Crippen LogP contribution in [0.4, 0.5) is 5.69 Å². The monoisotopic (exact) mass is 224 g/mol. The molecular formula is C9H12N4OS. The zero-order valence-electron chi connectivity index (χ0n) is 8.01. The van der Waals surface area contributed by atoms with Crippen molar-refractivity contribution < 1.29 is 4.79 Å². The first-order chi connectivity index (χ1) is 7.00. The Hall–Kier alpha value is -1.66. The van der Waals surface area contributed by atoms with Crippen molar-refractivity contribution in [1.82, 2.24) is 5.01 Å². The van der Waals surface area contributed by atoms with Crippen LogP contribution in [0.2, 0.25) is 0 Å². The lowest BCUT2D eigenvalue weighted by Crippen LogP contribution is -2.46. The molecule has 5 nitrogen and oxygen atoms in total. The van der Waals surface area contributed by atoms with Crippen LogP contribution in [-0.4, -0.2) is 16.0 Å². The van der Waals surface area contributed by atoms with E-state index >= 15 is 0 Å². The minimum atomic E-state index is -0.354. The average Bonchev–Trinajstić information content (AvgIpc) is 2.20. The number of hydrazine groups is 1. The largest absolute Gasteiger partial charge is 0.399 e. The number of hydrogen-bond acceptors (Lipinski definition) is 4. The van der Waals surface area contributed by atoms with Crippen LogP contribution >= 0.6 is 12.2 Å². The Morgan fingerprint density at radius 3 is 2.33 bits per heavy atom. The van der Waals surface area contributed by atoms with Gasteiger partial charge in [-0.2, -0.15) is 0 Å². The summed E-state index contributed by atoms with van der Waals surface area (Å²) in [5.41, 5.74) is 12.2. The quantitative estimate of drug-likeness (QED) is 0.212. The van der Waals surface area contributed by atoms with Gasteiger partial charge in [0, 0.05) is 5.69 Å². The van der Waals surface area contributed by atoms with Gasteiger partial charge in [-0.3, -0.25) is 4.79 Å². The normalized spacial score (nSPS) is 9.67. The molecule has 0 aliphatic carbocycles. The SMILES string of the molecule is NC(=S)N(N)C(=O)Cc1ccc(N)cc1. The van der Waals surface area contributed by atoms with Gasteiger partial charge in [0.1, 0.15) is 0 Å². The Kier molecular flexibility index (Phi) is 3.59. The number of amides is 1. The summed E-state index contributed by atoms with van der Waals surface area (Å²) < 4.78 is 0. The highest BCUT2D eigenvalue weighted by molar-refractivity contribution is 7.80. The van der Waals surface area contributed by atoms with Crippen molar-refractivity contribution in [2.24, 2.45) is 11.6 Å². The molecule has 0 heterocycles. The van der Waals surface area contributed by atoms with Crippen LogP contribution in [0, 0.1) is 0 Å². The highest BCUT2D eigenvalue weighted by Gasteiger charge is 2.11. The van der Waals surface area contributed by atoms with Crippen LogP contribution in [0.25, 0.3) is 0 Å². The van der Waals surface area contributed by atoms with Crippen molar-refractivity contribution in [2.45, 2.75) is 6.42 Å². The van der Waals surface area contributed by atoms with Crippen LogP contribution < -0.4 is 17.3 Å². The molecule has 0 radical (unpaired) electrons. The summed E-state index contributed by atoms with van der Waals surface area (Å²) >= 11 is 4.57. The second kappa shape index (κ2) is 4.72. The first kappa shape index (κ1) is 11.4. The molecule has 0 unspecified atom stereocenters. The topological polar surface area (TPSA) is 98.4 Å². The van der Waals surface area contributed by atoms with Gasteiger partial charge in [0.05, 0.1) is 6.42 Å². The van der Waals surface area contributed by atoms with Gasteiger partial charge < -0.3 is 11.5 Å². The molecule has 1 rings (SSSR count). The van der Waals surface area contributed by atoms with Gasteiger partial charge in [-0.1, -0.05) is 12.1 Å². The van der Waals surface area contributed by atoms with Crippen molar-refractivity contribution in [2.75, 3.05) is 5.73 Å². The maximum Gasteiger partial charge on any atom is 0.247 e. The molecule has 6 N–H and O–H groups in total. The van der Waals surface area contributed by atoms with Gasteiger partial charge in [0.2, 0.25) is 5.91 Å². The average molecular weight is 224 g/mol. The number of nitrogens with zero attached hydrogens (tertiary/aromatic N) is 1. The van der Waals surface area contributed by atoms with Gasteiger partial charge in [-0.25, -0.2) is 10.9 Å². The maximum atomic E-state index is 11.4. The van der Waals surface area contributed by atoms with Gasteiger partial charge in [-0.05, 0) is 29.9 Å². The molecule has 0 aliphatic rings. The van der Waals surface area contributed by atoms with Crippen LogP contribution in [0.5, 0.6) is 0 Å². The fourth-order valence-corrected chi connectivity index (χ4v) is 1.12. The first-order valence-electron chi connectivity index (χ1n) is 4.22. The summed E-state index contributed by atoms with van der Waals surface area (Å²) in [5, 5.41) is 0.613. The summed E-state index contributed by atoms with van der Waals surface area (Å²) in [6.07, 6.45) is 0.147. The molecule has 0 aromatic heterocycles. The van der Waals surface area contributed by atoms with E-state index in [0.29, 0.717) is 5.69 Å². The van der Waals surface area contributed by atoms with Crippen LogP contribution in [0.15, 0.2) is 24.3 Å². The standard InChI is InChI=1S/C9H12N4OS/c10-7-3-1-6(2-4-7)5-8(14)13(12)9(11)15/h1-4H,5,10,12H2,(H2,11,15). The predicted octanol–water partition coefficient (Wildman–Crippen LogP) is -0.243. The van der Waals surface area contributed by atoms with Crippen LogP contribution in [0.3, 0.4) is 0 Å². The van der Waals surface area contributed by atoms with Gasteiger partial charge >= 0.3 is 0 Å². The third-order valence-electron chi connectivity index (χ3n) is 1.84. The zero-order valence-corrected chi connectivity index (χ0v) is 8.83. The molecular weight excluding hydrogens is 212 g/mol. The molecule has 0 bridgehead atoms. The number of carbonyl (C=O) groups is 1.